The minimum atomic E-state index is 0.170. The maximum absolute atomic E-state index is 8.98. The summed E-state index contributed by atoms with van der Waals surface area (Å²) in [6.07, 6.45) is 1.72. The van der Waals surface area contributed by atoms with Gasteiger partial charge in [0.15, 0.2) is 0 Å². The summed E-state index contributed by atoms with van der Waals surface area (Å²) in [6, 6.07) is 11.2. The Balaban J connectivity index is 1.90. The number of anilines is 2. The Morgan fingerprint density at radius 3 is 2.72 bits per heavy atom. The lowest BCUT2D eigenvalue weighted by atomic mass is 9.95. The van der Waals surface area contributed by atoms with Crippen LogP contribution in [0.3, 0.4) is 0 Å². The molecule has 2 aromatic rings. The van der Waals surface area contributed by atoms with Crippen LogP contribution in [-0.2, 0) is 13.0 Å². The van der Waals surface area contributed by atoms with E-state index in [2.05, 4.69) is 66.3 Å². The summed E-state index contributed by atoms with van der Waals surface area (Å²) in [5.41, 5.74) is 3.85. The van der Waals surface area contributed by atoms with Crippen LogP contribution in [0.4, 0.5) is 11.8 Å². The molecule has 0 radical (unpaired) electrons. The molecule has 0 aliphatic carbocycles. The molecule has 5 nitrogen and oxygen atoms in total. The van der Waals surface area contributed by atoms with Gasteiger partial charge in [-0.2, -0.15) is 4.98 Å². The third kappa shape index (κ3) is 4.10. The maximum Gasteiger partial charge on any atom is 0.224 e. The lowest BCUT2D eigenvalue weighted by Crippen LogP contribution is -2.39. The first-order valence-electron chi connectivity index (χ1n) is 9.15. The van der Waals surface area contributed by atoms with E-state index in [0.29, 0.717) is 30.9 Å². The molecule has 0 spiro atoms. The summed E-state index contributed by atoms with van der Waals surface area (Å²) in [6.45, 7) is 8.28. The Kier molecular flexibility index (Phi) is 5.53. The van der Waals surface area contributed by atoms with E-state index in [1.54, 1.807) is 0 Å². The number of nitrogens with zero attached hydrogens (tertiary/aromatic N) is 3. The predicted molar refractivity (Wildman–Crippen MR) is 102 cm³/mol. The fraction of sp³-hybridized carbons (Fsp3) is 0.500. The molecule has 1 aromatic heterocycles. The van der Waals surface area contributed by atoms with Crippen LogP contribution < -0.4 is 10.2 Å². The van der Waals surface area contributed by atoms with Gasteiger partial charge in [-0.1, -0.05) is 38.1 Å². The minimum absolute atomic E-state index is 0.170. The quantitative estimate of drug-likeness (QED) is 0.790. The number of aliphatic hydroxyl groups excluding tert-OH is 1. The molecule has 2 N–H and O–H groups in total. The van der Waals surface area contributed by atoms with Crippen LogP contribution in [0, 0.1) is 0 Å². The molecule has 0 fully saturated rings. The van der Waals surface area contributed by atoms with Gasteiger partial charge in [-0.25, -0.2) is 4.98 Å². The molecule has 0 unspecified atom stereocenters. The maximum atomic E-state index is 8.98. The third-order valence-corrected chi connectivity index (χ3v) is 4.74. The first kappa shape index (κ1) is 17.7. The van der Waals surface area contributed by atoms with Crippen molar-refractivity contribution >= 4 is 11.8 Å². The molecule has 1 aromatic carbocycles. The van der Waals surface area contributed by atoms with Gasteiger partial charge in [-0.05, 0) is 36.8 Å². The molecular weight excluding hydrogens is 312 g/mol. The number of rotatable bonds is 6. The average Bonchev–Trinajstić information content (AvgIpc) is 2.61. The van der Waals surface area contributed by atoms with E-state index in [1.165, 1.54) is 11.1 Å². The van der Waals surface area contributed by atoms with Gasteiger partial charge < -0.3 is 15.3 Å². The largest absolute Gasteiger partial charge is 0.396 e. The Morgan fingerprint density at radius 1 is 1.24 bits per heavy atom. The van der Waals surface area contributed by atoms with Crippen molar-refractivity contribution in [3.05, 3.63) is 47.2 Å². The van der Waals surface area contributed by atoms with Gasteiger partial charge in [0.1, 0.15) is 5.82 Å². The van der Waals surface area contributed by atoms with Gasteiger partial charge in [0.2, 0.25) is 5.95 Å². The molecule has 1 atom stereocenters. The topological polar surface area (TPSA) is 61.3 Å². The number of hydrogen-bond acceptors (Lipinski definition) is 5. The average molecular weight is 340 g/mol. The molecule has 0 saturated heterocycles. The second kappa shape index (κ2) is 7.83. The van der Waals surface area contributed by atoms with Crippen LogP contribution >= 0.6 is 0 Å². The Labute approximate surface area is 150 Å². The van der Waals surface area contributed by atoms with Crippen LogP contribution in [0.25, 0.3) is 0 Å². The second-order valence-corrected chi connectivity index (χ2v) is 7.08. The predicted octanol–water partition coefficient (Wildman–Crippen LogP) is 3.35. The molecule has 2 heterocycles. The van der Waals surface area contributed by atoms with Crippen molar-refractivity contribution in [3.8, 4) is 0 Å². The molecule has 1 aliphatic heterocycles. The Bertz CT molecular complexity index is 717. The second-order valence-electron chi connectivity index (χ2n) is 7.08. The molecular formula is C20H28N4O. The van der Waals surface area contributed by atoms with E-state index in [0.717, 1.165) is 24.5 Å². The van der Waals surface area contributed by atoms with E-state index in [4.69, 9.17) is 10.1 Å². The molecule has 0 amide bonds. The van der Waals surface area contributed by atoms with Crippen molar-refractivity contribution in [2.75, 3.05) is 23.4 Å². The zero-order valence-corrected chi connectivity index (χ0v) is 15.4. The third-order valence-electron chi connectivity index (χ3n) is 4.74. The monoisotopic (exact) mass is 340 g/mol. The SMILES string of the molecule is CC(C)c1cc(N2Cc3ccccc3C[C@H]2C)nc(NCCCO)n1. The first-order valence-corrected chi connectivity index (χ1v) is 9.15. The molecule has 3 rings (SSSR count). The molecule has 0 bridgehead atoms. The number of fused-ring (bicyclic) bond motifs is 1. The van der Waals surface area contributed by atoms with Crippen molar-refractivity contribution < 1.29 is 5.11 Å². The van der Waals surface area contributed by atoms with Gasteiger partial charge in [0.05, 0.1) is 5.69 Å². The van der Waals surface area contributed by atoms with Crippen molar-refractivity contribution in [3.63, 3.8) is 0 Å². The van der Waals surface area contributed by atoms with Crippen LogP contribution in [0.2, 0.25) is 0 Å². The lowest BCUT2D eigenvalue weighted by Gasteiger charge is -2.36. The first-order chi connectivity index (χ1) is 12.1. The van der Waals surface area contributed by atoms with E-state index in [-0.39, 0.29) is 6.61 Å². The van der Waals surface area contributed by atoms with Gasteiger partial charge >= 0.3 is 0 Å². The Morgan fingerprint density at radius 2 is 2.00 bits per heavy atom. The molecule has 1 aliphatic rings. The summed E-state index contributed by atoms with van der Waals surface area (Å²) < 4.78 is 0. The number of nitrogens with one attached hydrogen (secondary N) is 1. The van der Waals surface area contributed by atoms with Crippen LogP contribution in [0.15, 0.2) is 30.3 Å². The summed E-state index contributed by atoms with van der Waals surface area (Å²) in [5.74, 6) is 1.97. The fourth-order valence-electron chi connectivity index (χ4n) is 3.24. The highest BCUT2D eigenvalue weighted by Gasteiger charge is 2.24. The smallest absolute Gasteiger partial charge is 0.224 e. The van der Waals surface area contributed by atoms with Crippen LogP contribution in [0.5, 0.6) is 0 Å². The lowest BCUT2D eigenvalue weighted by molar-refractivity contribution is 0.292. The minimum Gasteiger partial charge on any atom is -0.396 e. The van der Waals surface area contributed by atoms with Crippen molar-refractivity contribution in [1.82, 2.24) is 9.97 Å². The van der Waals surface area contributed by atoms with Gasteiger partial charge in [0, 0.05) is 31.8 Å². The normalized spacial score (nSPS) is 16.8. The van der Waals surface area contributed by atoms with Crippen molar-refractivity contribution in [2.45, 2.75) is 52.1 Å². The number of hydrogen-bond donors (Lipinski definition) is 2. The van der Waals surface area contributed by atoms with E-state index >= 15 is 0 Å². The highest BCUT2D eigenvalue weighted by molar-refractivity contribution is 5.49. The van der Waals surface area contributed by atoms with Crippen molar-refractivity contribution in [1.29, 1.82) is 0 Å². The molecule has 134 valence electrons. The van der Waals surface area contributed by atoms with Crippen LogP contribution in [0.1, 0.15) is 49.9 Å². The molecule has 0 saturated carbocycles. The standard InChI is InChI=1S/C20H28N4O/c1-14(2)18-12-19(23-20(22-18)21-9-6-10-25)24-13-17-8-5-4-7-16(17)11-15(24)3/h4-5,7-8,12,14-15,25H,6,9-11,13H2,1-3H3,(H,21,22,23)/t15-/m1/s1. The summed E-state index contributed by atoms with van der Waals surface area (Å²) in [7, 11) is 0. The van der Waals surface area contributed by atoms with E-state index < -0.39 is 0 Å². The fourth-order valence-corrected chi connectivity index (χ4v) is 3.24. The van der Waals surface area contributed by atoms with Crippen LogP contribution in [-0.4, -0.2) is 34.3 Å². The summed E-state index contributed by atoms with van der Waals surface area (Å²) >= 11 is 0. The summed E-state index contributed by atoms with van der Waals surface area (Å²) in [4.78, 5) is 11.8. The van der Waals surface area contributed by atoms with E-state index in [9.17, 15) is 0 Å². The number of benzene rings is 1. The number of aliphatic hydroxyl groups is 1. The highest BCUT2D eigenvalue weighted by atomic mass is 16.3. The molecule has 5 heteroatoms. The van der Waals surface area contributed by atoms with Gasteiger partial charge in [0.25, 0.3) is 0 Å². The zero-order chi connectivity index (χ0) is 17.8. The Hall–Kier alpha value is -2.14. The van der Waals surface area contributed by atoms with Gasteiger partial charge in [-0.15, -0.1) is 0 Å². The zero-order valence-electron chi connectivity index (χ0n) is 15.4. The number of aromatic nitrogens is 2. The van der Waals surface area contributed by atoms with E-state index in [1.807, 2.05) is 0 Å². The summed E-state index contributed by atoms with van der Waals surface area (Å²) in [5, 5.41) is 12.2. The highest BCUT2D eigenvalue weighted by Crippen LogP contribution is 2.29. The van der Waals surface area contributed by atoms with Crippen molar-refractivity contribution in [2.24, 2.45) is 0 Å². The molecule has 25 heavy (non-hydrogen) atoms. The van der Waals surface area contributed by atoms with Gasteiger partial charge in [-0.3, -0.25) is 0 Å².